The monoisotopic (exact) mass is 565 g/mol. The second-order valence-electron chi connectivity index (χ2n) is 9.35. The molecule has 0 unspecified atom stereocenters. The van der Waals surface area contributed by atoms with Gasteiger partial charge < -0.3 is 19.6 Å². The molecule has 40 heavy (non-hydrogen) atoms. The predicted octanol–water partition coefficient (Wildman–Crippen LogP) is 5.09. The molecule has 0 aliphatic carbocycles. The van der Waals surface area contributed by atoms with Crippen LogP contribution in [-0.2, 0) is 11.2 Å². The Labute approximate surface area is 234 Å². The van der Waals surface area contributed by atoms with E-state index in [2.05, 4.69) is 21.5 Å². The fourth-order valence-electron chi connectivity index (χ4n) is 4.62. The van der Waals surface area contributed by atoms with Gasteiger partial charge in [0.05, 0.1) is 17.2 Å². The van der Waals surface area contributed by atoms with Crippen LogP contribution in [0, 0.1) is 18.6 Å². The van der Waals surface area contributed by atoms with Crippen LogP contribution >= 0.6 is 11.6 Å². The van der Waals surface area contributed by atoms with Crippen LogP contribution in [-0.4, -0.2) is 63.7 Å². The maximum absolute atomic E-state index is 16.1. The number of aryl methyl sites for hydroxylation is 1. The molecule has 11 heteroatoms. The number of anilines is 1. The number of carbonyl (C=O) groups is 1. The number of pyridine rings is 1. The highest BCUT2D eigenvalue weighted by atomic mass is 35.5. The summed E-state index contributed by atoms with van der Waals surface area (Å²) in [5.41, 5.74) is 1.03. The van der Waals surface area contributed by atoms with Gasteiger partial charge in [-0.05, 0) is 42.8 Å². The van der Waals surface area contributed by atoms with E-state index in [0.717, 1.165) is 17.3 Å². The maximum atomic E-state index is 16.1. The minimum atomic E-state index is -0.919. The van der Waals surface area contributed by atoms with Crippen LogP contribution in [0.2, 0.25) is 5.02 Å². The number of piperazine rings is 1. The van der Waals surface area contributed by atoms with Crippen molar-refractivity contribution in [3.63, 3.8) is 0 Å². The van der Waals surface area contributed by atoms with E-state index >= 15 is 4.39 Å². The van der Waals surface area contributed by atoms with Gasteiger partial charge in [0.15, 0.2) is 5.82 Å². The first kappa shape index (κ1) is 27.3. The Hall–Kier alpha value is -4.31. The van der Waals surface area contributed by atoms with Crippen molar-refractivity contribution in [3.05, 3.63) is 83.2 Å². The molecular weight excluding hydrogens is 540 g/mol. The molecule has 1 saturated heterocycles. The largest absolute Gasteiger partial charge is 0.507 e. The van der Waals surface area contributed by atoms with E-state index in [1.807, 2.05) is 24.0 Å². The SMILES string of the molecule is C=CC(=O)N1CCN(c2nc(OCCc3ccc(C)cn3)nc3c(F)c(-c4c(O)cccc4F)c(Cl)cc23)CC1. The van der Waals surface area contributed by atoms with Crippen molar-refractivity contribution in [1.29, 1.82) is 0 Å². The van der Waals surface area contributed by atoms with Gasteiger partial charge in [-0.3, -0.25) is 9.78 Å². The number of hydrogen-bond donors (Lipinski definition) is 1. The number of hydrogen-bond acceptors (Lipinski definition) is 7. The quantitative estimate of drug-likeness (QED) is 0.312. The standard InChI is InChI=1S/C29H26ClF2N5O3/c1-3-23(39)36-10-12-37(13-11-36)28-19-15-20(30)24(25-21(31)5-4-6-22(25)38)26(32)27(19)34-29(35-28)40-14-9-18-8-7-17(2)16-33-18/h3-8,15-16,38H,1,9-14H2,2H3. The van der Waals surface area contributed by atoms with Crippen molar-refractivity contribution >= 4 is 34.2 Å². The first-order valence-corrected chi connectivity index (χ1v) is 13.0. The number of nitrogens with zero attached hydrogens (tertiary/aromatic N) is 5. The van der Waals surface area contributed by atoms with Gasteiger partial charge in [0.1, 0.15) is 22.9 Å². The molecule has 2 aromatic heterocycles. The molecule has 8 nitrogen and oxygen atoms in total. The number of aromatic hydroxyl groups is 1. The third kappa shape index (κ3) is 5.40. The zero-order valence-corrected chi connectivity index (χ0v) is 22.5. The van der Waals surface area contributed by atoms with Crippen LogP contribution in [0.15, 0.2) is 55.3 Å². The topological polar surface area (TPSA) is 91.7 Å². The van der Waals surface area contributed by atoms with Gasteiger partial charge in [0.2, 0.25) is 5.91 Å². The highest BCUT2D eigenvalue weighted by Gasteiger charge is 2.27. The molecule has 1 aliphatic rings. The van der Waals surface area contributed by atoms with Crippen LogP contribution < -0.4 is 9.64 Å². The zero-order chi connectivity index (χ0) is 28.4. The fourth-order valence-corrected chi connectivity index (χ4v) is 4.90. The van der Waals surface area contributed by atoms with E-state index in [9.17, 15) is 14.3 Å². The van der Waals surface area contributed by atoms with Gasteiger partial charge in [-0.1, -0.05) is 30.3 Å². The van der Waals surface area contributed by atoms with Gasteiger partial charge in [-0.15, -0.1) is 0 Å². The zero-order valence-electron chi connectivity index (χ0n) is 21.7. The lowest BCUT2D eigenvalue weighted by atomic mass is 10.0. The Morgan fingerprint density at radius 3 is 2.60 bits per heavy atom. The predicted molar refractivity (Wildman–Crippen MR) is 149 cm³/mol. The molecule has 0 bridgehead atoms. The van der Waals surface area contributed by atoms with Crippen LogP contribution in [0.5, 0.6) is 11.8 Å². The minimum absolute atomic E-state index is 0.0795. The summed E-state index contributed by atoms with van der Waals surface area (Å²) < 4.78 is 36.7. The summed E-state index contributed by atoms with van der Waals surface area (Å²) >= 11 is 6.49. The number of benzene rings is 2. The highest BCUT2D eigenvalue weighted by Crippen LogP contribution is 2.42. The number of halogens is 3. The molecule has 0 saturated carbocycles. The van der Waals surface area contributed by atoms with Crippen molar-refractivity contribution in [2.45, 2.75) is 13.3 Å². The summed E-state index contributed by atoms with van der Waals surface area (Å²) in [6.45, 7) is 7.29. The third-order valence-electron chi connectivity index (χ3n) is 6.71. The second-order valence-corrected chi connectivity index (χ2v) is 9.76. The fraction of sp³-hybridized carbons (Fsp3) is 0.241. The molecule has 0 radical (unpaired) electrons. The van der Waals surface area contributed by atoms with Crippen LogP contribution in [0.1, 0.15) is 11.3 Å². The van der Waals surface area contributed by atoms with Gasteiger partial charge in [0, 0.05) is 55.4 Å². The molecule has 1 aliphatic heterocycles. The Bertz CT molecular complexity index is 1570. The molecule has 0 atom stereocenters. The van der Waals surface area contributed by atoms with E-state index in [4.69, 9.17) is 16.3 Å². The Morgan fingerprint density at radius 2 is 1.93 bits per heavy atom. The van der Waals surface area contributed by atoms with E-state index in [0.29, 0.717) is 38.4 Å². The van der Waals surface area contributed by atoms with E-state index < -0.39 is 17.4 Å². The van der Waals surface area contributed by atoms with Crippen LogP contribution in [0.3, 0.4) is 0 Å². The number of amides is 1. The van der Waals surface area contributed by atoms with Gasteiger partial charge in [0.25, 0.3) is 0 Å². The molecule has 0 spiro atoms. The molecule has 3 heterocycles. The smallest absolute Gasteiger partial charge is 0.319 e. The van der Waals surface area contributed by atoms with Crippen molar-refractivity contribution in [1.82, 2.24) is 19.9 Å². The number of phenolic OH excluding ortho intramolecular Hbond substituents is 1. The Morgan fingerprint density at radius 1 is 1.15 bits per heavy atom. The molecule has 206 valence electrons. The van der Waals surface area contributed by atoms with Crippen LogP contribution in [0.4, 0.5) is 14.6 Å². The average molecular weight is 566 g/mol. The lowest BCUT2D eigenvalue weighted by Crippen LogP contribution is -2.48. The molecule has 4 aromatic rings. The summed E-state index contributed by atoms with van der Waals surface area (Å²) in [5.74, 6) is -2.02. The highest BCUT2D eigenvalue weighted by molar-refractivity contribution is 6.34. The number of aromatic nitrogens is 3. The van der Waals surface area contributed by atoms with Crippen molar-refractivity contribution in [2.75, 3.05) is 37.7 Å². The summed E-state index contributed by atoms with van der Waals surface area (Å²) in [4.78, 5) is 28.9. The molecule has 1 amide bonds. The number of carbonyl (C=O) groups excluding carboxylic acids is 1. The van der Waals surface area contributed by atoms with E-state index in [-0.39, 0.29) is 45.6 Å². The molecule has 5 rings (SSSR count). The lowest BCUT2D eigenvalue weighted by Gasteiger charge is -2.35. The van der Waals surface area contributed by atoms with Gasteiger partial charge >= 0.3 is 6.01 Å². The molecule has 1 N–H and O–H groups in total. The average Bonchev–Trinajstić information content (AvgIpc) is 2.95. The van der Waals surface area contributed by atoms with Gasteiger partial charge in [-0.2, -0.15) is 9.97 Å². The minimum Gasteiger partial charge on any atom is -0.507 e. The first-order chi connectivity index (χ1) is 19.3. The lowest BCUT2D eigenvalue weighted by molar-refractivity contribution is -0.126. The van der Waals surface area contributed by atoms with Crippen molar-refractivity contribution in [2.24, 2.45) is 0 Å². The summed E-state index contributed by atoms with van der Waals surface area (Å²) in [5, 5.41) is 10.5. The third-order valence-corrected chi connectivity index (χ3v) is 7.01. The number of rotatable bonds is 7. The summed E-state index contributed by atoms with van der Waals surface area (Å²) in [6.07, 6.45) is 3.49. The Balaban J connectivity index is 1.56. The van der Waals surface area contributed by atoms with Gasteiger partial charge in [-0.25, -0.2) is 8.78 Å². The van der Waals surface area contributed by atoms with E-state index in [1.165, 1.54) is 24.3 Å². The normalized spacial score (nSPS) is 13.5. The van der Waals surface area contributed by atoms with Crippen molar-refractivity contribution < 1.29 is 23.4 Å². The number of ether oxygens (including phenoxy) is 1. The van der Waals surface area contributed by atoms with E-state index in [1.54, 1.807) is 11.1 Å². The number of phenols is 1. The first-order valence-electron chi connectivity index (χ1n) is 12.6. The Kier molecular flexibility index (Phi) is 7.79. The summed E-state index contributed by atoms with van der Waals surface area (Å²) in [7, 11) is 0. The molecule has 1 fully saturated rings. The summed E-state index contributed by atoms with van der Waals surface area (Å²) in [6, 6.07) is 8.89. The van der Waals surface area contributed by atoms with Crippen LogP contribution in [0.25, 0.3) is 22.0 Å². The number of fused-ring (bicyclic) bond motifs is 1. The van der Waals surface area contributed by atoms with Crippen molar-refractivity contribution in [3.8, 4) is 22.9 Å². The molecule has 2 aromatic carbocycles. The maximum Gasteiger partial charge on any atom is 0.319 e. The molecular formula is C29H26ClF2N5O3. The second kappa shape index (κ2) is 11.4.